The fraction of sp³-hybridized carbons (Fsp3) is 0.486. The van der Waals surface area contributed by atoms with E-state index in [0.717, 1.165) is 62.7 Å². The molecule has 5 nitrogen and oxygen atoms in total. The van der Waals surface area contributed by atoms with Crippen LogP contribution in [0, 0.1) is 5.92 Å². The Morgan fingerprint density at radius 2 is 1.73 bits per heavy atom. The van der Waals surface area contributed by atoms with E-state index in [-0.39, 0.29) is 0 Å². The minimum Gasteiger partial charge on any atom is -0.508 e. The Labute approximate surface area is 240 Å². The van der Waals surface area contributed by atoms with E-state index < -0.39 is 0 Å². The highest BCUT2D eigenvalue weighted by Gasteiger charge is 2.24. The number of hydrogen-bond acceptors (Lipinski definition) is 5. The van der Waals surface area contributed by atoms with Gasteiger partial charge in [0.1, 0.15) is 23.9 Å². The van der Waals surface area contributed by atoms with Crippen LogP contribution in [0.25, 0.3) is 0 Å². The molecule has 1 aliphatic heterocycles. The predicted octanol–water partition coefficient (Wildman–Crippen LogP) is 7.22. The molecule has 2 atom stereocenters. The van der Waals surface area contributed by atoms with Gasteiger partial charge in [-0.2, -0.15) is 0 Å². The number of hydrogen-bond donors (Lipinski definition) is 2. The van der Waals surface area contributed by atoms with Gasteiger partial charge in [-0.25, -0.2) is 0 Å². The number of phenolic OH excluding ortho intramolecular Hbond substituents is 1. The number of fused-ring (bicyclic) bond motifs is 1. The van der Waals surface area contributed by atoms with Crippen molar-refractivity contribution in [1.82, 2.24) is 4.90 Å². The number of anilines is 1. The third-order valence-electron chi connectivity index (χ3n) is 8.93. The number of rotatable bonds is 11. The average molecular weight is 543 g/mol. The van der Waals surface area contributed by atoms with Crippen molar-refractivity contribution in [2.24, 2.45) is 5.92 Å². The topological polar surface area (TPSA) is 54.0 Å². The zero-order valence-corrected chi connectivity index (χ0v) is 24.5. The van der Waals surface area contributed by atoms with E-state index in [1.807, 2.05) is 12.1 Å². The molecule has 2 unspecified atom stereocenters. The molecule has 1 heterocycles. The van der Waals surface area contributed by atoms with Gasteiger partial charge in [-0.1, -0.05) is 38.1 Å². The minimum atomic E-state index is 0.312. The molecule has 5 heteroatoms. The Morgan fingerprint density at radius 1 is 0.950 bits per heavy atom. The molecule has 40 heavy (non-hydrogen) atoms. The molecule has 3 aromatic rings. The molecule has 0 aromatic heterocycles. The second kappa shape index (κ2) is 13.5. The van der Waals surface area contributed by atoms with Crippen LogP contribution in [-0.4, -0.2) is 49.4 Å². The largest absolute Gasteiger partial charge is 0.508 e. The van der Waals surface area contributed by atoms with Crippen molar-refractivity contribution in [2.45, 2.75) is 70.8 Å². The predicted molar refractivity (Wildman–Crippen MR) is 164 cm³/mol. The summed E-state index contributed by atoms with van der Waals surface area (Å²) in [5.74, 6) is 3.50. The van der Waals surface area contributed by atoms with Gasteiger partial charge in [0.15, 0.2) is 0 Å². The first kappa shape index (κ1) is 28.4. The lowest BCUT2D eigenvalue weighted by Crippen LogP contribution is -2.35. The Morgan fingerprint density at radius 3 is 2.48 bits per heavy atom. The number of aryl methyl sites for hydroxylation is 1. The Kier molecular flexibility index (Phi) is 9.53. The van der Waals surface area contributed by atoms with Crippen molar-refractivity contribution in [1.29, 1.82) is 0 Å². The van der Waals surface area contributed by atoms with Crippen LogP contribution in [0.15, 0.2) is 60.7 Å². The third-order valence-corrected chi connectivity index (χ3v) is 8.93. The fourth-order valence-corrected chi connectivity index (χ4v) is 6.25. The Bertz CT molecular complexity index is 1230. The van der Waals surface area contributed by atoms with Crippen molar-refractivity contribution >= 4 is 5.69 Å². The Balaban J connectivity index is 1.20. The molecule has 1 saturated heterocycles. The average Bonchev–Trinajstić information content (AvgIpc) is 2.98. The van der Waals surface area contributed by atoms with E-state index in [4.69, 9.17) is 9.47 Å². The van der Waals surface area contributed by atoms with Crippen molar-refractivity contribution < 1.29 is 14.6 Å². The van der Waals surface area contributed by atoms with Gasteiger partial charge >= 0.3 is 0 Å². The van der Waals surface area contributed by atoms with Crippen molar-refractivity contribution in [2.75, 3.05) is 38.7 Å². The number of nitrogens with one attached hydrogen (secondary N) is 1. The lowest BCUT2D eigenvalue weighted by atomic mass is 9.79. The maximum absolute atomic E-state index is 9.90. The Hall–Kier alpha value is -3.18. The molecule has 1 aliphatic carbocycles. The first-order valence-corrected chi connectivity index (χ1v) is 15.2. The first-order valence-electron chi connectivity index (χ1n) is 15.2. The first-order chi connectivity index (χ1) is 19.5. The molecule has 214 valence electrons. The number of piperidine rings is 1. The highest BCUT2D eigenvalue weighted by Crippen LogP contribution is 2.39. The van der Waals surface area contributed by atoms with Crippen LogP contribution < -0.4 is 14.8 Å². The summed E-state index contributed by atoms with van der Waals surface area (Å²) in [6, 6.07) is 21.3. The van der Waals surface area contributed by atoms with Gasteiger partial charge < -0.3 is 19.9 Å². The van der Waals surface area contributed by atoms with Gasteiger partial charge in [0.05, 0.1) is 7.11 Å². The van der Waals surface area contributed by atoms with Gasteiger partial charge in [0, 0.05) is 24.3 Å². The van der Waals surface area contributed by atoms with Crippen molar-refractivity contribution in [3.63, 3.8) is 0 Å². The number of benzene rings is 3. The van der Waals surface area contributed by atoms with Crippen LogP contribution in [0.3, 0.4) is 0 Å². The number of aromatic hydroxyl groups is 1. The second-order valence-corrected chi connectivity index (χ2v) is 11.8. The number of phenols is 1. The lowest BCUT2D eigenvalue weighted by molar-refractivity contribution is 0.160. The molecule has 2 aliphatic rings. The van der Waals surface area contributed by atoms with Crippen LogP contribution in [0.4, 0.5) is 5.69 Å². The number of likely N-dealkylation sites (tertiary alicyclic amines) is 1. The van der Waals surface area contributed by atoms with Gasteiger partial charge in [-0.15, -0.1) is 0 Å². The zero-order valence-electron chi connectivity index (χ0n) is 24.5. The van der Waals surface area contributed by atoms with Crippen LogP contribution in [0.1, 0.15) is 67.7 Å². The zero-order chi connectivity index (χ0) is 27.9. The summed E-state index contributed by atoms with van der Waals surface area (Å²) < 4.78 is 11.7. The lowest BCUT2D eigenvalue weighted by Gasteiger charge is -2.29. The van der Waals surface area contributed by atoms with Crippen molar-refractivity contribution in [3.8, 4) is 17.2 Å². The van der Waals surface area contributed by atoms with Gasteiger partial charge in [0.2, 0.25) is 0 Å². The highest BCUT2D eigenvalue weighted by molar-refractivity contribution is 5.58. The van der Waals surface area contributed by atoms with E-state index in [9.17, 15) is 5.11 Å². The summed E-state index contributed by atoms with van der Waals surface area (Å²) in [6.45, 7) is 8.75. The number of nitrogens with zero attached hydrogens (tertiary/aromatic N) is 1. The number of methoxy groups -OCH3 is 1. The SMILES string of the molecule is CCC(Cc1ccc(OCCN2CCC(C)CC2)cc1)Nc1cc(OC)ccc1C1CCc2cc(O)ccc2C1. The molecule has 0 saturated carbocycles. The van der Waals surface area contributed by atoms with E-state index in [2.05, 4.69) is 72.6 Å². The molecule has 0 spiro atoms. The summed E-state index contributed by atoms with van der Waals surface area (Å²) in [5.41, 5.74) is 6.46. The highest BCUT2D eigenvalue weighted by atomic mass is 16.5. The van der Waals surface area contributed by atoms with Gasteiger partial charge in [-0.3, -0.25) is 4.90 Å². The summed E-state index contributed by atoms with van der Waals surface area (Å²) in [6.07, 6.45) is 7.64. The molecule has 0 radical (unpaired) electrons. The van der Waals surface area contributed by atoms with E-state index in [1.54, 1.807) is 7.11 Å². The van der Waals surface area contributed by atoms with E-state index in [1.165, 1.54) is 53.9 Å². The van der Waals surface area contributed by atoms with E-state index in [0.29, 0.717) is 17.7 Å². The molecular weight excluding hydrogens is 496 g/mol. The summed E-state index contributed by atoms with van der Waals surface area (Å²) >= 11 is 0. The number of ether oxygens (including phenoxy) is 2. The quantitative estimate of drug-likeness (QED) is 0.268. The minimum absolute atomic E-state index is 0.312. The third kappa shape index (κ3) is 7.31. The summed E-state index contributed by atoms with van der Waals surface area (Å²) in [4.78, 5) is 2.52. The monoisotopic (exact) mass is 542 g/mol. The van der Waals surface area contributed by atoms with Gasteiger partial charge in [0.25, 0.3) is 0 Å². The molecule has 2 N–H and O–H groups in total. The molecular formula is C35H46N2O3. The summed E-state index contributed by atoms with van der Waals surface area (Å²) in [5, 5.41) is 13.8. The van der Waals surface area contributed by atoms with Crippen LogP contribution in [-0.2, 0) is 19.3 Å². The molecule has 0 amide bonds. The normalized spacial score (nSPS) is 18.6. The van der Waals surface area contributed by atoms with Gasteiger partial charge in [-0.05, 0) is 122 Å². The smallest absolute Gasteiger partial charge is 0.120 e. The van der Waals surface area contributed by atoms with Crippen LogP contribution >= 0.6 is 0 Å². The van der Waals surface area contributed by atoms with Crippen LogP contribution in [0.5, 0.6) is 17.2 Å². The van der Waals surface area contributed by atoms with Crippen LogP contribution in [0.2, 0.25) is 0 Å². The standard InChI is InChI=1S/C35H46N2O3/c1-4-30(21-26-5-11-32(12-6-26)40-20-19-37-17-15-25(2)16-18-37)36-35-24-33(39-3)13-14-34(35)29-8-7-28-23-31(38)10-9-27(28)22-29/h5-6,9-14,23-25,29-30,36,38H,4,7-8,15-22H2,1-3H3. The maximum atomic E-state index is 9.90. The van der Waals surface area contributed by atoms with Crippen molar-refractivity contribution in [3.05, 3.63) is 82.9 Å². The second-order valence-electron chi connectivity index (χ2n) is 11.8. The maximum Gasteiger partial charge on any atom is 0.120 e. The summed E-state index contributed by atoms with van der Waals surface area (Å²) in [7, 11) is 1.73. The van der Waals surface area contributed by atoms with E-state index >= 15 is 0 Å². The molecule has 1 fully saturated rings. The molecule has 0 bridgehead atoms. The molecule has 3 aromatic carbocycles. The fourth-order valence-electron chi connectivity index (χ4n) is 6.25. The molecule has 5 rings (SSSR count).